The second-order valence-electron chi connectivity index (χ2n) is 5.62. The van der Waals surface area contributed by atoms with E-state index in [2.05, 4.69) is 15.3 Å². The van der Waals surface area contributed by atoms with Crippen molar-refractivity contribution in [2.75, 3.05) is 6.26 Å². The number of furan rings is 1. The number of aryl methyl sites for hydroxylation is 3. The Morgan fingerprint density at radius 1 is 1.24 bits per heavy atom. The van der Waals surface area contributed by atoms with Gasteiger partial charge in [-0.3, -0.25) is 4.79 Å². The van der Waals surface area contributed by atoms with Gasteiger partial charge in [0.1, 0.15) is 17.1 Å². The van der Waals surface area contributed by atoms with Crippen molar-refractivity contribution in [3.8, 4) is 0 Å². The number of nitrogens with one attached hydrogen (secondary N) is 1. The summed E-state index contributed by atoms with van der Waals surface area (Å²) in [5, 5.41) is 12.5. The minimum atomic E-state index is -1.04. The zero-order valence-electron chi connectivity index (χ0n) is 14.7. The molecular formula is C17H21N3O4S. The number of hydrogen-bond acceptors (Lipinski definition) is 6. The molecular weight excluding hydrogens is 342 g/mol. The van der Waals surface area contributed by atoms with Gasteiger partial charge in [-0.25, -0.2) is 14.8 Å². The second kappa shape index (κ2) is 8.15. The first kappa shape index (κ1) is 19.0. The predicted octanol–water partition coefficient (Wildman–Crippen LogP) is 2.66. The molecule has 1 amide bonds. The molecule has 0 radical (unpaired) electrons. The van der Waals surface area contributed by atoms with Gasteiger partial charge < -0.3 is 14.8 Å². The summed E-state index contributed by atoms with van der Waals surface area (Å²) in [5.41, 5.74) is 2.87. The lowest BCUT2D eigenvalue weighted by Gasteiger charge is -2.10. The summed E-state index contributed by atoms with van der Waals surface area (Å²) in [6.45, 7) is 5.58. The van der Waals surface area contributed by atoms with Crippen molar-refractivity contribution < 1.29 is 19.1 Å². The zero-order chi connectivity index (χ0) is 18.6. The number of carbonyl (C=O) groups is 2. The van der Waals surface area contributed by atoms with E-state index in [0.717, 1.165) is 22.1 Å². The van der Waals surface area contributed by atoms with Crippen LogP contribution in [0.5, 0.6) is 0 Å². The van der Waals surface area contributed by atoms with E-state index in [-0.39, 0.29) is 18.0 Å². The number of aromatic carboxylic acids is 1. The third-order valence-corrected chi connectivity index (χ3v) is 4.39. The van der Waals surface area contributed by atoms with Crippen LogP contribution in [-0.4, -0.2) is 33.2 Å². The summed E-state index contributed by atoms with van der Waals surface area (Å²) >= 11 is 1.49. The maximum absolute atomic E-state index is 12.0. The van der Waals surface area contributed by atoms with E-state index in [0.29, 0.717) is 24.4 Å². The molecule has 7 nitrogen and oxygen atoms in total. The lowest BCUT2D eigenvalue weighted by molar-refractivity contribution is -0.121. The molecule has 0 atom stereocenters. The zero-order valence-corrected chi connectivity index (χ0v) is 15.5. The van der Waals surface area contributed by atoms with E-state index >= 15 is 0 Å². The molecule has 2 rings (SSSR count). The van der Waals surface area contributed by atoms with Crippen LogP contribution < -0.4 is 5.32 Å². The Labute approximate surface area is 150 Å². The molecule has 0 fully saturated rings. The molecule has 0 aliphatic heterocycles. The highest BCUT2D eigenvalue weighted by Gasteiger charge is 2.15. The molecule has 2 N–H and O–H groups in total. The Morgan fingerprint density at radius 2 is 1.88 bits per heavy atom. The number of nitrogens with zero attached hydrogens (tertiary/aromatic N) is 2. The number of carbonyl (C=O) groups excluding carboxylic acids is 1. The van der Waals surface area contributed by atoms with E-state index in [1.165, 1.54) is 17.8 Å². The number of carboxylic acids is 1. The molecule has 0 bridgehead atoms. The Kier molecular flexibility index (Phi) is 6.19. The van der Waals surface area contributed by atoms with Crippen molar-refractivity contribution in [2.24, 2.45) is 0 Å². The van der Waals surface area contributed by atoms with Gasteiger partial charge in [0, 0.05) is 17.8 Å². The van der Waals surface area contributed by atoms with Gasteiger partial charge in [-0.15, -0.1) is 0 Å². The number of hydrogen-bond donors (Lipinski definition) is 2. The minimum Gasteiger partial charge on any atom is -0.478 e. The smallest absolute Gasteiger partial charge is 0.339 e. The van der Waals surface area contributed by atoms with Crippen LogP contribution in [0.3, 0.4) is 0 Å². The van der Waals surface area contributed by atoms with Gasteiger partial charge in [-0.1, -0.05) is 11.8 Å². The highest BCUT2D eigenvalue weighted by molar-refractivity contribution is 7.98. The third kappa shape index (κ3) is 4.82. The van der Waals surface area contributed by atoms with Gasteiger partial charge in [0.2, 0.25) is 5.91 Å². The third-order valence-electron chi connectivity index (χ3n) is 3.84. The van der Waals surface area contributed by atoms with Crippen LogP contribution >= 0.6 is 11.8 Å². The molecule has 2 aromatic rings. The SMILES string of the molecule is CSc1nc(C)c(CCC(=O)NCc2cc(C(=O)O)c(C)o2)c(C)n1. The normalized spacial score (nSPS) is 10.7. The van der Waals surface area contributed by atoms with Gasteiger partial charge in [0.05, 0.1) is 6.54 Å². The lowest BCUT2D eigenvalue weighted by Crippen LogP contribution is -2.23. The fourth-order valence-electron chi connectivity index (χ4n) is 2.52. The van der Waals surface area contributed by atoms with E-state index in [4.69, 9.17) is 9.52 Å². The Balaban J connectivity index is 1.91. The summed E-state index contributed by atoms with van der Waals surface area (Å²) in [6.07, 6.45) is 2.78. The van der Waals surface area contributed by atoms with Gasteiger partial charge in [-0.2, -0.15) is 0 Å². The first-order chi connectivity index (χ1) is 11.8. The Morgan fingerprint density at radius 3 is 2.40 bits per heavy atom. The maximum atomic E-state index is 12.0. The molecule has 0 saturated heterocycles. The van der Waals surface area contributed by atoms with E-state index in [1.807, 2.05) is 20.1 Å². The Bertz CT molecular complexity index is 778. The minimum absolute atomic E-state index is 0.113. The predicted molar refractivity (Wildman–Crippen MR) is 93.9 cm³/mol. The van der Waals surface area contributed by atoms with Gasteiger partial charge >= 0.3 is 5.97 Å². The molecule has 134 valence electrons. The number of rotatable bonds is 7. The molecule has 0 saturated carbocycles. The lowest BCUT2D eigenvalue weighted by atomic mass is 10.1. The summed E-state index contributed by atoms with van der Waals surface area (Å²) < 4.78 is 5.34. The quantitative estimate of drug-likeness (QED) is 0.575. The van der Waals surface area contributed by atoms with Gasteiger partial charge in [0.25, 0.3) is 0 Å². The number of amides is 1. The van der Waals surface area contributed by atoms with Crippen molar-refractivity contribution in [2.45, 2.75) is 45.3 Å². The van der Waals surface area contributed by atoms with Crippen LogP contribution in [0.25, 0.3) is 0 Å². The summed E-state index contributed by atoms with van der Waals surface area (Å²) in [5.74, 6) is -0.436. The van der Waals surface area contributed by atoms with Crippen LogP contribution in [0.2, 0.25) is 0 Å². The van der Waals surface area contributed by atoms with E-state index < -0.39 is 5.97 Å². The molecule has 0 unspecified atom stereocenters. The average Bonchev–Trinajstić information content (AvgIpc) is 2.93. The summed E-state index contributed by atoms with van der Waals surface area (Å²) in [6, 6.07) is 1.43. The van der Waals surface area contributed by atoms with Crippen molar-refractivity contribution in [1.82, 2.24) is 15.3 Å². The largest absolute Gasteiger partial charge is 0.478 e. The van der Waals surface area contributed by atoms with Crippen LogP contribution in [0, 0.1) is 20.8 Å². The average molecular weight is 363 g/mol. The van der Waals surface area contributed by atoms with Gasteiger partial charge in [0.15, 0.2) is 5.16 Å². The molecule has 0 aliphatic rings. The number of aromatic nitrogens is 2. The highest BCUT2D eigenvalue weighted by Crippen LogP contribution is 2.17. The van der Waals surface area contributed by atoms with Gasteiger partial charge in [-0.05, 0) is 45.1 Å². The fraction of sp³-hybridized carbons (Fsp3) is 0.412. The van der Waals surface area contributed by atoms with E-state index in [1.54, 1.807) is 6.92 Å². The van der Waals surface area contributed by atoms with Crippen molar-refractivity contribution in [3.05, 3.63) is 40.1 Å². The monoisotopic (exact) mass is 363 g/mol. The van der Waals surface area contributed by atoms with Crippen molar-refractivity contribution >= 4 is 23.6 Å². The van der Waals surface area contributed by atoms with Crippen molar-refractivity contribution in [1.29, 1.82) is 0 Å². The molecule has 0 aromatic carbocycles. The van der Waals surface area contributed by atoms with Crippen LogP contribution in [0.1, 0.15) is 45.3 Å². The topological polar surface area (TPSA) is 105 Å². The maximum Gasteiger partial charge on any atom is 0.339 e. The van der Waals surface area contributed by atoms with Crippen LogP contribution in [0.4, 0.5) is 0 Å². The molecule has 2 heterocycles. The first-order valence-electron chi connectivity index (χ1n) is 7.79. The molecule has 0 spiro atoms. The first-order valence-corrected chi connectivity index (χ1v) is 9.01. The highest BCUT2D eigenvalue weighted by atomic mass is 32.2. The van der Waals surface area contributed by atoms with Crippen LogP contribution in [-0.2, 0) is 17.8 Å². The second-order valence-corrected chi connectivity index (χ2v) is 6.40. The van der Waals surface area contributed by atoms with Crippen LogP contribution in [0.15, 0.2) is 15.6 Å². The Hall–Kier alpha value is -2.35. The standard InChI is InChI=1S/C17H21N3O4S/c1-9-13(10(2)20-17(19-9)25-4)5-6-15(21)18-8-12-7-14(16(22)23)11(3)24-12/h7H,5-6,8H2,1-4H3,(H,18,21)(H,22,23). The molecule has 8 heteroatoms. The summed E-state index contributed by atoms with van der Waals surface area (Å²) in [4.78, 5) is 31.8. The number of thioether (sulfide) groups is 1. The fourth-order valence-corrected chi connectivity index (χ4v) is 2.97. The molecule has 2 aromatic heterocycles. The number of carboxylic acid groups (broad SMARTS) is 1. The van der Waals surface area contributed by atoms with E-state index in [9.17, 15) is 9.59 Å². The summed E-state index contributed by atoms with van der Waals surface area (Å²) in [7, 11) is 0. The molecule has 0 aliphatic carbocycles. The van der Waals surface area contributed by atoms with Crippen molar-refractivity contribution in [3.63, 3.8) is 0 Å². The molecule has 25 heavy (non-hydrogen) atoms.